The molecule has 0 radical (unpaired) electrons. The number of hydrogen-bond acceptors (Lipinski definition) is 10. The zero-order chi connectivity index (χ0) is 19.9. The van der Waals surface area contributed by atoms with E-state index in [0.717, 1.165) is 6.26 Å². The summed E-state index contributed by atoms with van der Waals surface area (Å²) in [5.41, 5.74) is 0.102. The van der Waals surface area contributed by atoms with Crippen molar-refractivity contribution in [3.63, 3.8) is 0 Å². The highest BCUT2D eigenvalue weighted by molar-refractivity contribution is 5.99. The number of Topliss-reactive ketones (excluding diaryl/α,β-unsaturated/α-hetero) is 1. The van der Waals surface area contributed by atoms with Crippen LogP contribution in [-0.4, -0.2) is 82.9 Å². The SMILES string of the molecule is COC(=O)C1=CO[C@@H](O[C@H]2O[C@@H](CO)[C@@H](O)[C@@H](O)[C@H]2O)[C@H]2[C@@H]1C(=O)C[C@H]2C. The topological polar surface area (TPSA) is 152 Å². The molecule has 0 aromatic rings. The summed E-state index contributed by atoms with van der Waals surface area (Å²) in [6.45, 7) is 1.22. The van der Waals surface area contributed by atoms with Crippen molar-refractivity contribution in [3.05, 3.63) is 11.8 Å². The zero-order valence-corrected chi connectivity index (χ0v) is 14.9. The Morgan fingerprint density at radius 3 is 2.56 bits per heavy atom. The third-order valence-corrected chi connectivity index (χ3v) is 5.43. The minimum absolute atomic E-state index is 0.102. The number of aliphatic hydroxyl groups is 4. The van der Waals surface area contributed by atoms with Gasteiger partial charge < -0.3 is 39.4 Å². The third kappa shape index (κ3) is 3.48. The number of fused-ring (bicyclic) bond motifs is 1. The van der Waals surface area contributed by atoms with Crippen LogP contribution >= 0.6 is 0 Å². The average Bonchev–Trinajstić information content (AvgIpc) is 2.96. The van der Waals surface area contributed by atoms with E-state index in [1.807, 2.05) is 6.92 Å². The van der Waals surface area contributed by atoms with E-state index in [1.54, 1.807) is 0 Å². The van der Waals surface area contributed by atoms with E-state index in [0.29, 0.717) is 0 Å². The fraction of sp³-hybridized carbons (Fsp3) is 0.765. The van der Waals surface area contributed by atoms with Crippen LogP contribution in [0.3, 0.4) is 0 Å². The number of aliphatic hydroxyl groups excluding tert-OH is 4. The molecule has 1 aliphatic carbocycles. The molecule has 0 aromatic heterocycles. The normalized spacial score (nSPS) is 44.3. The van der Waals surface area contributed by atoms with Gasteiger partial charge in [-0.2, -0.15) is 0 Å². The molecule has 4 N–H and O–H groups in total. The van der Waals surface area contributed by atoms with Crippen molar-refractivity contribution in [2.45, 2.75) is 50.3 Å². The summed E-state index contributed by atoms with van der Waals surface area (Å²) in [5.74, 6) is -2.28. The lowest BCUT2D eigenvalue weighted by Crippen LogP contribution is -2.60. The van der Waals surface area contributed by atoms with E-state index in [-0.39, 0.29) is 23.7 Å². The van der Waals surface area contributed by atoms with Crippen LogP contribution in [-0.2, 0) is 28.5 Å². The lowest BCUT2D eigenvalue weighted by Gasteiger charge is -2.42. The van der Waals surface area contributed by atoms with Gasteiger partial charge in [0.1, 0.15) is 30.2 Å². The quantitative estimate of drug-likeness (QED) is 0.400. The highest BCUT2D eigenvalue weighted by Crippen LogP contribution is 2.45. The first-order valence-corrected chi connectivity index (χ1v) is 8.72. The van der Waals surface area contributed by atoms with Gasteiger partial charge >= 0.3 is 5.97 Å². The average molecular weight is 388 g/mol. The lowest BCUT2D eigenvalue weighted by molar-refractivity contribution is -0.342. The Bertz CT molecular complexity index is 617. The van der Waals surface area contributed by atoms with Crippen molar-refractivity contribution in [1.29, 1.82) is 0 Å². The Morgan fingerprint density at radius 1 is 1.22 bits per heavy atom. The molecule has 0 unspecified atom stereocenters. The van der Waals surface area contributed by atoms with Gasteiger partial charge in [-0.3, -0.25) is 4.79 Å². The summed E-state index contributed by atoms with van der Waals surface area (Å²) >= 11 is 0. The van der Waals surface area contributed by atoms with Crippen LogP contribution < -0.4 is 0 Å². The first-order chi connectivity index (χ1) is 12.8. The number of rotatable bonds is 4. The molecule has 0 amide bonds. The molecule has 1 saturated heterocycles. The summed E-state index contributed by atoms with van der Waals surface area (Å²) in [6, 6.07) is 0. The predicted octanol–water partition coefficient (Wildman–Crippen LogP) is -1.94. The Kier molecular flexibility index (Phi) is 5.84. The number of carbonyl (C=O) groups is 2. The standard InChI is InChI=1S/C17H24O10/c1-6-3-8(19)11-7(15(23)24-2)5-25-16(10(6)11)27-17-14(22)13(21)12(20)9(4-18)26-17/h5-6,9-14,16-18,20-22H,3-4H2,1-2H3/t6-,9+,10-,11+,12-,13-,14-,16+,17-/m1/s1. The molecule has 10 nitrogen and oxygen atoms in total. The first kappa shape index (κ1) is 20.2. The molecule has 2 heterocycles. The van der Waals surface area contributed by atoms with E-state index in [1.165, 1.54) is 7.11 Å². The van der Waals surface area contributed by atoms with E-state index < -0.39 is 61.4 Å². The molecule has 0 spiro atoms. The second-order valence-corrected chi connectivity index (χ2v) is 7.11. The molecule has 0 aromatic carbocycles. The van der Waals surface area contributed by atoms with Crippen LogP contribution in [0.1, 0.15) is 13.3 Å². The highest BCUT2D eigenvalue weighted by atomic mass is 16.8. The third-order valence-electron chi connectivity index (χ3n) is 5.43. The van der Waals surface area contributed by atoms with Gasteiger partial charge in [0.05, 0.1) is 31.5 Å². The Balaban J connectivity index is 1.82. The molecular formula is C17H24O10. The van der Waals surface area contributed by atoms with Gasteiger partial charge in [0.25, 0.3) is 0 Å². The summed E-state index contributed by atoms with van der Waals surface area (Å²) in [4.78, 5) is 24.4. The van der Waals surface area contributed by atoms with Crippen LogP contribution in [0.5, 0.6) is 0 Å². The fourth-order valence-corrected chi connectivity index (χ4v) is 3.96. The first-order valence-electron chi connectivity index (χ1n) is 8.72. The van der Waals surface area contributed by atoms with E-state index in [9.17, 15) is 30.0 Å². The van der Waals surface area contributed by atoms with Crippen molar-refractivity contribution < 1.29 is 49.0 Å². The molecule has 2 aliphatic heterocycles. The molecule has 152 valence electrons. The number of carbonyl (C=O) groups excluding carboxylic acids is 2. The maximum absolute atomic E-state index is 12.4. The lowest BCUT2D eigenvalue weighted by atomic mass is 9.83. The van der Waals surface area contributed by atoms with E-state index in [4.69, 9.17) is 18.9 Å². The Labute approximate surface area is 155 Å². The zero-order valence-electron chi connectivity index (χ0n) is 14.9. The number of hydrogen-bond donors (Lipinski definition) is 4. The number of ether oxygens (including phenoxy) is 4. The smallest absolute Gasteiger partial charge is 0.337 e. The van der Waals surface area contributed by atoms with Crippen molar-refractivity contribution in [3.8, 4) is 0 Å². The van der Waals surface area contributed by atoms with Gasteiger partial charge in [-0.15, -0.1) is 0 Å². The predicted molar refractivity (Wildman–Crippen MR) is 85.6 cm³/mol. The Hall–Kier alpha value is -1.56. The van der Waals surface area contributed by atoms with Crippen molar-refractivity contribution >= 4 is 11.8 Å². The van der Waals surface area contributed by atoms with Crippen LogP contribution in [0.2, 0.25) is 0 Å². The molecule has 0 bridgehead atoms. The van der Waals surface area contributed by atoms with E-state index >= 15 is 0 Å². The van der Waals surface area contributed by atoms with Gasteiger partial charge in [-0.1, -0.05) is 6.92 Å². The summed E-state index contributed by atoms with van der Waals surface area (Å²) in [5, 5.41) is 39.1. The number of esters is 1. The van der Waals surface area contributed by atoms with Crippen molar-refractivity contribution in [1.82, 2.24) is 0 Å². The molecule has 2 fully saturated rings. The van der Waals surface area contributed by atoms with Crippen LogP contribution in [0.25, 0.3) is 0 Å². The Morgan fingerprint density at radius 2 is 1.93 bits per heavy atom. The van der Waals surface area contributed by atoms with Gasteiger partial charge in [0.15, 0.2) is 6.29 Å². The molecule has 27 heavy (non-hydrogen) atoms. The van der Waals surface area contributed by atoms with E-state index in [2.05, 4.69) is 0 Å². The summed E-state index contributed by atoms with van der Waals surface area (Å²) in [7, 11) is 1.21. The molecule has 3 rings (SSSR count). The highest BCUT2D eigenvalue weighted by Gasteiger charge is 2.54. The maximum atomic E-state index is 12.4. The van der Waals surface area contributed by atoms with Gasteiger partial charge in [-0.05, 0) is 5.92 Å². The largest absolute Gasteiger partial charge is 0.472 e. The molecule has 1 saturated carbocycles. The monoisotopic (exact) mass is 388 g/mol. The van der Waals surface area contributed by atoms with Gasteiger partial charge in [0.2, 0.25) is 6.29 Å². The summed E-state index contributed by atoms with van der Waals surface area (Å²) < 4.78 is 21.2. The molecular weight excluding hydrogens is 364 g/mol. The fourth-order valence-electron chi connectivity index (χ4n) is 3.96. The van der Waals surface area contributed by atoms with Crippen LogP contribution in [0, 0.1) is 17.8 Å². The minimum atomic E-state index is -1.59. The van der Waals surface area contributed by atoms with Crippen LogP contribution in [0.15, 0.2) is 11.8 Å². The van der Waals surface area contributed by atoms with Gasteiger partial charge in [-0.25, -0.2) is 4.79 Å². The van der Waals surface area contributed by atoms with Crippen molar-refractivity contribution in [2.24, 2.45) is 17.8 Å². The minimum Gasteiger partial charge on any atom is -0.472 e. The van der Waals surface area contributed by atoms with Crippen molar-refractivity contribution in [2.75, 3.05) is 13.7 Å². The maximum Gasteiger partial charge on any atom is 0.337 e. The number of ketones is 1. The number of methoxy groups -OCH3 is 1. The molecule has 3 aliphatic rings. The summed E-state index contributed by atoms with van der Waals surface area (Å²) in [6.07, 6.45) is -6.93. The molecule has 9 atom stereocenters. The van der Waals surface area contributed by atoms with Gasteiger partial charge in [0, 0.05) is 12.3 Å². The second-order valence-electron chi connectivity index (χ2n) is 7.11. The molecule has 10 heteroatoms. The second kappa shape index (κ2) is 7.82. The van der Waals surface area contributed by atoms with Crippen LogP contribution in [0.4, 0.5) is 0 Å².